The lowest BCUT2D eigenvalue weighted by Gasteiger charge is -2.18. The molecule has 3 heterocycles. The van der Waals surface area contributed by atoms with Gasteiger partial charge in [0, 0.05) is 56.3 Å². The lowest BCUT2D eigenvalue weighted by Crippen LogP contribution is -2.24. The van der Waals surface area contributed by atoms with E-state index in [9.17, 15) is 9.59 Å². The summed E-state index contributed by atoms with van der Waals surface area (Å²) < 4.78 is 3.11. The lowest BCUT2D eigenvalue weighted by atomic mass is 9.95. The Morgan fingerprint density at radius 2 is 1.68 bits per heavy atom. The third-order valence-electron chi connectivity index (χ3n) is 6.68. The first-order valence-electron chi connectivity index (χ1n) is 11.7. The number of benzene rings is 2. The second kappa shape index (κ2) is 9.24. The highest BCUT2D eigenvalue weighted by Gasteiger charge is 2.35. The van der Waals surface area contributed by atoms with Crippen LogP contribution in [0.4, 0.5) is 0 Å². The van der Waals surface area contributed by atoms with Crippen LogP contribution in [-0.2, 0) is 16.1 Å². The Hall–Kier alpha value is -3.16. The Morgan fingerprint density at radius 3 is 2.44 bits per heavy atom. The summed E-state index contributed by atoms with van der Waals surface area (Å²) in [5.74, 6) is -0.720. The van der Waals surface area contributed by atoms with Crippen molar-refractivity contribution in [2.24, 2.45) is 0 Å². The zero-order chi connectivity index (χ0) is 23.8. The molecular formula is C27H27BrN4O2. The number of aromatic nitrogens is 2. The number of amides is 2. The van der Waals surface area contributed by atoms with E-state index in [1.54, 1.807) is 0 Å². The number of nitrogens with one attached hydrogen (secondary N) is 2. The van der Waals surface area contributed by atoms with E-state index in [-0.39, 0.29) is 11.8 Å². The number of H-pyrrole nitrogens is 1. The molecule has 1 aliphatic rings. The fraction of sp³-hybridized carbons (Fsp3) is 0.259. The van der Waals surface area contributed by atoms with Crippen LogP contribution in [0.5, 0.6) is 0 Å². The number of para-hydroxylation sites is 1. The number of carbonyl (C=O) groups is 2. The number of hydrogen-bond acceptors (Lipinski definition) is 3. The molecule has 1 aliphatic heterocycles. The molecule has 34 heavy (non-hydrogen) atoms. The monoisotopic (exact) mass is 518 g/mol. The van der Waals surface area contributed by atoms with Gasteiger partial charge in [-0.3, -0.25) is 14.9 Å². The van der Waals surface area contributed by atoms with Crippen LogP contribution < -0.4 is 5.32 Å². The van der Waals surface area contributed by atoms with Crippen molar-refractivity contribution in [1.29, 1.82) is 0 Å². The van der Waals surface area contributed by atoms with Gasteiger partial charge in [-0.05, 0) is 44.3 Å². The summed E-state index contributed by atoms with van der Waals surface area (Å²) in [6.45, 7) is 8.26. The van der Waals surface area contributed by atoms with Crippen LogP contribution in [0.2, 0.25) is 0 Å². The first kappa shape index (κ1) is 22.6. The summed E-state index contributed by atoms with van der Waals surface area (Å²) >= 11 is 3.70. The third kappa shape index (κ3) is 3.79. The molecule has 0 spiro atoms. The van der Waals surface area contributed by atoms with Crippen LogP contribution >= 0.6 is 15.9 Å². The van der Waals surface area contributed by atoms with E-state index in [1.807, 2.05) is 48.8 Å². The summed E-state index contributed by atoms with van der Waals surface area (Å²) in [4.78, 5) is 31.8. The van der Waals surface area contributed by atoms with Crippen LogP contribution in [0.1, 0.15) is 31.4 Å². The third-order valence-corrected chi connectivity index (χ3v) is 7.34. The van der Waals surface area contributed by atoms with E-state index >= 15 is 0 Å². The molecule has 0 aliphatic carbocycles. The van der Waals surface area contributed by atoms with Crippen molar-refractivity contribution >= 4 is 60.7 Å². The fourth-order valence-electron chi connectivity index (χ4n) is 4.94. The van der Waals surface area contributed by atoms with E-state index in [2.05, 4.69) is 55.6 Å². The number of hydrogen-bond donors (Lipinski definition) is 2. The minimum absolute atomic E-state index is 0.358. The van der Waals surface area contributed by atoms with Gasteiger partial charge in [-0.1, -0.05) is 54.0 Å². The maximum Gasteiger partial charge on any atom is 0.259 e. The van der Waals surface area contributed by atoms with Gasteiger partial charge in [0.15, 0.2) is 0 Å². The summed E-state index contributed by atoms with van der Waals surface area (Å²) in [7, 11) is 0. The first-order valence-corrected chi connectivity index (χ1v) is 12.5. The number of carbonyl (C=O) groups excluding carboxylic acids is 2. The summed E-state index contributed by atoms with van der Waals surface area (Å²) in [6, 6.07) is 13.9. The molecule has 2 amide bonds. The number of imide groups is 1. The van der Waals surface area contributed by atoms with Gasteiger partial charge in [-0.2, -0.15) is 0 Å². The van der Waals surface area contributed by atoms with Gasteiger partial charge in [-0.15, -0.1) is 0 Å². The van der Waals surface area contributed by atoms with Gasteiger partial charge < -0.3 is 14.5 Å². The largest absolute Gasteiger partial charge is 0.361 e. The van der Waals surface area contributed by atoms with Crippen molar-refractivity contribution in [2.45, 2.75) is 26.8 Å². The molecule has 0 bridgehead atoms. The minimum atomic E-state index is -0.362. The Balaban J connectivity index is 1.66. The highest BCUT2D eigenvalue weighted by molar-refractivity contribution is 9.10. The first-order chi connectivity index (χ1) is 16.5. The van der Waals surface area contributed by atoms with Crippen LogP contribution in [0, 0.1) is 0 Å². The SMILES string of the molecule is CCN(CC)CCCn1cc(C2=C(c3c[nH]c4ccccc34)C(=O)NC2=O)c2c(Br)cccc21. The zero-order valence-electron chi connectivity index (χ0n) is 19.3. The van der Waals surface area contributed by atoms with E-state index in [4.69, 9.17) is 0 Å². The molecule has 2 aromatic heterocycles. The van der Waals surface area contributed by atoms with Crippen LogP contribution in [0.15, 0.2) is 59.3 Å². The maximum absolute atomic E-state index is 13.1. The number of aryl methyl sites for hydroxylation is 1. The van der Waals surface area contributed by atoms with Crippen molar-refractivity contribution in [1.82, 2.24) is 19.8 Å². The number of nitrogens with zero attached hydrogens (tertiary/aromatic N) is 2. The molecule has 7 heteroatoms. The molecule has 2 aromatic carbocycles. The van der Waals surface area contributed by atoms with Gasteiger partial charge in [0.2, 0.25) is 0 Å². The van der Waals surface area contributed by atoms with Crippen molar-refractivity contribution in [3.63, 3.8) is 0 Å². The van der Waals surface area contributed by atoms with Gasteiger partial charge in [-0.25, -0.2) is 0 Å². The second-order valence-corrected chi connectivity index (χ2v) is 9.39. The molecule has 2 N–H and O–H groups in total. The Bertz CT molecular complexity index is 1440. The van der Waals surface area contributed by atoms with Gasteiger partial charge in [0.05, 0.1) is 11.1 Å². The number of aromatic amines is 1. The fourth-order valence-corrected chi connectivity index (χ4v) is 5.50. The second-order valence-electron chi connectivity index (χ2n) is 8.53. The Labute approximate surface area is 206 Å². The number of fused-ring (bicyclic) bond motifs is 2. The Morgan fingerprint density at radius 1 is 0.941 bits per heavy atom. The van der Waals surface area contributed by atoms with Crippen molar-refractivity contribution in [2.75, 3.05) is 19.6 Å². The zero-order valence-corrected chi connectivity index (χ0v) is 20.9. The summed E-state index contributed by atoms with van der Waals surface area (Å²) in [5, 5.41) is 4.40. The number of rotatable bonds is 8. The average Bonchev–Trinajstić information content (AvgIpc) is 3.50. The quantitative estimate of drug-likeness (QED) is 0.315. The molecule has 5 rings (SSSR count). The van der Waals surface area contributed by atoms with Crippen LogP contribution in [-0.4, -0.2) is 45.9 Å². The molecule has 0 radical (unpaired) electrons. The van der Waals surface area contributed by atoms with Crippen molar-refractivity contribution in [3.8, 4) is 0 Å². The molecule has 0 saturated carbocycles. The average molecular weight is 519 g/mol. The predicted octanol–water partition coefficient (Wildman–Crippen LogP) is 5.18. The predicted molar refractivity (Wildman–Crippen MR) is 140 cm³/mol. The molecular weight excluding hydrogens is 492 g/mol. The van der Waals surface area contributed by atoms with Gasteiger partial charge >= 0.3 is 0 Å². The highest BCUT2D eigenvalue weighted by Crippen LogP contribution is 2.40. The van der Waals surface area contributed by atoms with Gasteiger partial charge in [0.25, 0.3) is 11.8 Å². The van der Waals surface area contributed by atoms with Crippen LogP contribution in [0.3, 0.4) is 0 Å². The minimum Gasteiger partial charge on any atom is -0.361 e. The molecule has 0 unspecified atom stereocenters. The van der Waals surface area contributed by atoms with Crippen LogP contribution in [0.25, 0.3) is 33.0 Å². The highest BCUT2D eigenvalue weighted by atomic mass is 79.9. The lowest BCUT2D eigenvalue weighted by molar-refractivity contribution is -0.122. The van der Waals surface area contributed by atoms with E-state index in [0.717, 1.165) is 70.0 Å². The molecule has 0 fully saturated rings. The maximum atomic E-state index is 13.1. The Kier molecular flexibility index (Phi) is 6.15. The summed E-state index contributed by atoms with van der Waals surface area (Å²) in [5.41, 5.74) is 4.32. The topological polar surface area (TPSA) is 70.1 Å². The van der Waals surface area contributed by atoms with Gasteiger partial charge in [0.1, 0.15) is 0 Å². The molecule has 0 atom stereocenters. The molecule has 174 valence electrons. The standard InChI is InChI=1S/C27H27BrN4O2/c1-3-31(4-2)13-8-14-32-16-19(23-20(28)10-7-12-22(23)32)25-24(26(33)30-27(25)34)18-15-29-21-11-6-5-9-17(18)21/h5-7,9-12,15-16,29H,3-4,8,13-14H2,1-2H3,(H,30,33,34). The van der Waals surface area contributed by atoms with E-state index < -0.39 is 0 Å². The van der Waals surface area contributed by atoms with Crippen molar-refractivity contribution in [3.05, 3.63) is 70.5 Å². The summed E-state index contributed by atoms with van der Waals surface area (Å²) in [6.07, 6.45) is 4.84. The van der Waals surface area contributed by atoms with E-state index in [0.29, 0.717) is 11.1 Å². The smallest absolute Gasteiger partial charge is 0.259 e. The van der Waals surface area contributed by atoms with E-state index in [1.165, 1.54) is 0 Å². The number of halogens is 1. The molecule has 0 saturated heterocycles. The normalized spacial score (nSPS) is 14.2. The molecule has 6 nitrogen and oxygen atoms in total. The molecule has 4 aromatic rings. The van der Waals surface area contributed by atoms with Crippen molar-refractivity contribution < 1.29 is 9.59 Å².